The lowest BCUT2D eigenvalue weighted by atomic mass is 9.93. The summed E-state index contributed by atoms with van der Waals surface area (Å²) in [7, 11) is 1.87. The standard InChI is InChI=1S/C17H20N6O/c1-18-16-4-7-19-17(20-16)23-8-5-12(6-9-23)13-11-14(22-21-13)15-3-2-10-24-15/h2-4,7,10-12H,5-6,8-9H2,1H3,(H,21,22)(H,18,19,20). The maximum absolute atomic E-state index is 5.40. The van der Waals surface area contributed by atoms with E-state index in [1.54, 1.807) is 12.5 Å². The molecule has 7 heteroatoms. The fourth-order valence-corrected chi connectivity index (χ4v) is 3.13. The molecule has 124 valence electrons. The molecule has 0 atom stereocenters. The minimum Gasteiger partial charge on any atom is -0.463 e. The molecule has 0 radical (unpaired) electrons. The van der Waals surface area contributed by atoms with Crippen LogP contribution in [0.5, 0.6) is 0 Å². The Bertz CT molecular complexity index is 789. The summed E-state index contributed by atoms with van der Waals surface area (Å²) in [5.74, 6) is 2.91. The van der Waals surface area contributed by atoms with Crippen molar-refractivity contribution in [1.82, 2.24) is 20.2 Å². The highest BCUT2D eigenvalue weighted by atomic mass is 16.3. The molecule has 3 aromatic rings. The van der Waals surface area contributed by atoms with E-state index in [9.17, 15) is 0 Å². The van der Waals surface area contributed by atoms with Gasteiger partial charge >= 0.3 is 0 Å². The average Bonchev–Trinajstić information content (AvgIpc) is 3.33. The predicted molar refractivity (Wildman–Crippen MR) is 92.1 cm³/mol. The topological polar surface area (TPSA) is 82.9 Å². The van der Waals surface area contributed by atoms with E-state index in [0.29, 0.717) is 5.92 Å². The Balaban J connectivity index is 1.42. The number of hydrogen-bond donors (Lipinski definition) is 2. The number of H-pyrrole nitrogens is 1. The highest BCUT2D eigenvalue weighted by molar-refractivity contribution is 5.52. The fourth-order valence-electron chi connectivity index (χ4n) is 3.13. The van der Waals surface area contributed by atoms with E-state index in [4.69, 9.17) is 4.42 Å². The normalized spacial score (nSPS) is 15.6. The van der Waals surface area contributed by atoms with Crippen LogP contribution in [-0.2, 0) is 0 Å². The van der Waals surface area contributed by atoms with E-state index < -0.39 is 0 Å². The molecular weight excluding hydrogens is 304 g/mol. The van der Waals surface area contributed by atoms with Crippen molar-refractivity contribution in [2.45, 2.75) is 18.8 Å². The lowest BCUT2D eigenvalue weighted by Gasteiger charge is -2.31. The van der Waals surface area contributed by atoms with Gasteiger partial charge in [0.2, 0.25) is 5.95 Å². The lowest BCUT2D eigenvalue weighted by Crippen LogP contribution is -2.34. The second-order valence-electron chi connectivity index (χ2n) is 5.94. The molecule has 1 aliphatic rings. The van der Waals surface area contributed by atoms with E-state index in [-0.39, 0.29) is 0 Å². The van der Waals surface area contributed by atoms with Crippen LogP contribution in [0.25, 0.3) is 11.5 Å². The number of piperidine rings is 1. The van der Waals surface area contributed by atoms with Gasteiger partial charge in [-0.25, -0.2) is 4.98 Å². The Morgan fingerprint density at radius 3 is 2.92 bits per heavy atom. The second-order valence-corrected chi connectivity index (χ2v) is 5.94. The monoisotopic (exact) mass is 324 g/mol. The van der Waals surface area contributed by atoms with Gasteiger partial charge in [-0.05, 0) is 37.1 Å². The maximum atomic E-state index is 5.40. The first-order valence-electron chi connectivity index (χ1n) is 8.18. The molecule has 0 unspecified atom stereocenters. The average molecular weight is 324 g/mol. The number of nitrogens with zero attached hydrogens (tertiary/aromatic N) is 4. The third-order valence-corrected chi connectivity index (χ3v) is 4.49. The van der Waals surface area contributed by atoms with Gasteiger partial charge in [-0.15, -0.1) is 0 Å². The first-order valence-corrected chi connectivity index (χ1v) is 8.18. The number of rotatable bonds is 4. The molecule has 4 rings (SSSR count). The van der Waals surface area contributed by atoms with Gasteiger partial charge in [0.05, 0.1) is 6.26 Å². The minimum atomic E-state index is 0.477. The van der Waals surface area contributed by atoms with Crippen LogP contribution in [0.15, 0.2) is 41.1 Å². The largest absolute Gasteiger partial charge is 0.463 e. The Morgan fingerprint density at radius 2 is 2.17 bits per heavy atom. The zero-order chi connectivity index (χ0) is 16.4. The van der Waals surface area contributed by atoms with Crippen LogP contribution in [0.3, 0.4) is 0 Å². The molecule has 2 N–H and O–H groups in total. The SMILES string of the molecule is CNc1ccnc(N2CCC(c3cc(-c4ccco4)n[nH]3)CC2)n1. The summed E-state index contributed by atoms with van der Waals surface area (Å²) in [6.45, 7) is 1.87. The number of furan rings is 1. The van der Waals surface area contributed by atoms with E-state index in [1.807, 2.05) is 25.2 Å². The Labute approximate surface area is 140 Å². The van der Waals surface area contributed by atoms with Crippen LogP contribution < -0.4 is 10.2 Å². The molecule has 0 aliphatic carbocycles. The van der Waals surface area contributed by atoms with Gasteiger partial charge in [0.25, 0.3) is 0 Å². The predicted octanol–water partition coefficient (Wildman–Crippen LogP) is 2.89. The number of nitrogens with one attached hydrogen (secondary N) is 2. The molecule has 7 nitrogen and oxygen atoms in total. The summed E-state index contributed by atoms with van der Waals surface area (Å²) in [4.78, 5) is 11.1. The van der Waals surface area contributed by atoms with Gasteiger partial charge in [-0.3, -0.25) is 5.10 Å². The molecule has 24 heavy (non-hydrogen) atoms. The molecule has 1 aliphatic heterocycles. The van der Waals surface area contributed by atoms with Gasteiger partial charge in [-0.1, -0.05) is 0 Å². The van der Waals surface area contributed by atoms with Crippen LogP contribution in [-0.4, -0.2) is 40.3 Å². The maximum Gasteiger partial charge on any atom is 0.227 e. The first kappa shape index (κ1) is 14.7. The van der Waals surface area contributed by atoms with E-state index in [2.05, 4.69) is 36.4 Å². The lowest BCUT2D eigenvalue weighted by molar-refractivity contribution is 0.490. The number of hydrogen-bond acceptors (Lipinski definition) is 6. The smallest absolute Gasteiger partial charge is 0.227 e. The molecule has 0 spiro atoms. The van der Waals surface area contributed by atoms with Crippen LogP contribution in [0.2, 0.25) is 0 Å². The quantitative estimate of drug-likeness (QED) is 0.768. The molecule has 1 fully saturated rings. The molecule has 3 aromatic heterocycles. The van der Waals surface area contributed by atoms with Crippen molar-refractivity contribution < 1.29 is 4.42 Å². The summed E-state index contributed by atoms with van der Waals surface area (Å²) in [6.07, 6.45) is 5.56. The van der Waals surface area contributed by atoms with Crippen molar-refractivity contribution in [3.8, 4) is 11.5 Å². The zero-order valence-electron chi connectivity index (χ0n) is 13.6. The van der Waals surface area contributed by atoms with E-state index in [0.717, 1.165) is 49.2 Å². The van der Waals surface area contributed by atoms with Crippen molar-refractivity contribution in [1.29, 1.82) is 0 Å². The molecule has 0 bridgehead atoms. The molecular formula is C17H20N6O. The molecule has 0 saturated carbocycles. The first-order chi connectivity index (χ1) is 11.8. The van der Waals surface area contributed by atoms with Crippen molar-refractivity contribution in [3.63, 3.8) is 0 Å². The van der Waals surface area contributed by atoms with E-state index >= 15 is 0 Å². The zero-order valence-corrected chi connectivity index (χ0v) is 13.6. The molecule has 0 amide bonds. The van der Waals surface area contributed by atoms with Crippen LogP contribution in [0.4, 0.5) is 11.8 Å². The second kappa shape index (κ2) is 6.35. The third-order valence-electron chi connectivity index (χ3n) is 4.49. The van der Waals surface area contributed by atoms with Gasteiger partial charge in [0.1, 0.15) is 11.5 Å². The van der Waals surface area contributed by atoms with Gasteiger partial charge in [-0.2, -0.15) is 10.1 Å². The van der Waals surface area contributed by atoms with Crippen molar-refractivity contribution >= 4 is 11.8 Å². The highest BCUT2D eigenvalue weighted by Crippen LogP contribution is 2.30. The third kappa shape index (κ3) is 2.84. The number of anilines is 2. The fraction of sp³-hybridized carbons (Fsp3) is 0.353. The minimum absolute atomic E-state index is 0.477. The Kier molecular flexibility index (Phi) is 3.90. The van der Waals surface area contributed by atoms with Crippen molar-refractivity contribution in [2.24, 2.45) is 0 Å². The summed E-state index contributed by atoms with van der Waals surface area (Å²) < 4.78 is 5.40. The van der Waals surface area contributed by atoms with Gasteiger partial charge < -0.3 is 14.6 Å². The van der Waals surface area contributed by atoms with Crippen molar-refractivity contribution in [3.05, 3.63) is 42.4 Å². The molecule has 4 heterocycles. The molecule has 1 saturated heterocycles. The summed E-state index contributed by atoms with van der Waals surface area (Å²) >= 11 is 0. The van der Waals surface area contributed by atoms with Crippen LogP contribution in [0.1, 0.15) is 24.5 Å². The van der Waals surface area contributed by atoms with Gasteiger partial charge in [0, 0.05) is 37.9 Å². The Hall–Kier alpha value is -2.83. The van der Waals surface area contributed by atoms with Gasteiger partial charge in [0.15, 0.2) is 5.76 Å². The van der Waals surface area contributed by atoms with Crippen LogP contribution >= 0.6 is 0 Å². The summed E-state index contributed by atoms with van der Waals surface area (Å²) in [5.41, 5.74) is 2.04. The summed E-state index contributed by atoms with van der Waals surface area (Å²) in [5, 5.41) is 10.6. The van der Waals surface area contributed by atoms with Crippen LogP contribution in [0, 0.1) is 0 Å². The highest BCUT2D eigenvalue weighted by Gasteiger charge is 2.24. The van der Waals surface area contributed by atoms with E-state index in [1.165, 1.54) is 5.69 Å². The summed E-state index contributed by atoms with van der Waals surface area (Å²) in [6, 6.07) is 7.77. The number of aromatic amines is 1. The number of aromatic nitrogens is 4. The Morgan fingerprint density at radius 1 is 1.29 bits per heavy atom. The molecule has 0 aromatic carbocycles. The van der Waals surface area contributed by atoms with Crippen molar-refractivity contribution in [2.75, 3.05) is 30.4 Å².